The molecule has 1 heterocycles. The summed E-state index contributed by atoms with van der Waals surface area (Å²) >= 11 is 5.98. The van der Waals surface area contributed by atoms with Crippen molar-refractivity contribution in [3.8, 4) is 5.75 Å². The number of phenolic OH excluding ortho intramolecular Hbond substituents is 1. The summed E-state index contributed by atoms with van der Waals surface area (Å²) in [6.45, 7) is 0. The predicted molar refractivity (Wildman–Crippen MR) is 72.8 cm³/mol. The van der Waals surface area contributed by atoms with Gasteiger partial charge in [-0.2, -0.15) is 0 Å². The molecule has 2 atom stereocenters. The van der Waals surface area contributed by atoms with Crippen molar-refractivity contribution >= 4 is 21.4 Å². The van der Waals surface area contributed by atoms with E-state index in [0.29, 0.717) is 11.6 Å². The van der Waals surface area contributed by atoms with E-state index in [9.17, 15) is 13.5 Å². The van der Waals surface area contributed by atoms with Gasteiger partial charge in [-0.05, 0) is 42.4 Å². The zero-order chi connectivity index (χ0) is 13.2. The Kier molecular flexibility index (Phi) is 4.17. The van der Waals surface area contributed by atoms with E-state index in [4.69, 9.17) is 11.6 Å². The van der Waals surface area contributed by atoms with Gasteiger partial charge in [0.2, 0.25) is 0 Å². The molecule has 1 N–H and O–H groups in total. The Hall–Kier alpha value is -0.740. The van der Waals surface area contributed by atoms with Gasteiger partial charge in [-0.1, -0.05) is 12.1 Å². The molecule has 0 radical (unpaired) electrons. The molecule has 100 valence electrons. The number of phenols is 1. The van der Waals surface area contributed by atoms with E-state index in [-0.39, 0.29) is 23.3 Å². The first kappa shape index (κ1) is 13.7. The Morgan fingerprint density at radius 1 is 1.33 bits per heavy atom. The molecule has 2 rings (SSSR count). The fraction of sp³-hybridized carbons (Fsp3) is 0.538. The fourth-order valence-electron chi connectivity index (χ4n) is 2.48. The van der Waals surface area contributed by atoms with Crippen molar-refractivity contribution < 1.29 is 13.5 Å². The Morgan fingerprint density at radius 2 is 2.00 bits per heavy atom. The van der Waals surface area contributed by atoms with Crippen LogP contribution in [-0.2, 0) is 16.3 Å². The van der Waals surface area contributed by atoms with Crippen LogP contribution in [0.3, 0.4) is 0 Å². The molecule has 1 fully saturated rings. The fourth-order valence-corrected chi connectivity index (χ4v) is 4.76. The highest BCUT2D eigenvalue weighted by Gasteiger charge is 2.33. The lowest BCUT2D eigenvalue weighted by molar-refractivity contribution is 0.397. The molecule has 0 saturated carbocycles. The molecular formula is C13H17ClO3S. The summed E-state index contributed by atoms with van der Waals surface area (Å²) in [7, 11) is -2.85. The van der Waals surface area contributed by atoms with Crippen molar-refractivity contribution in [3.63, 3.8) is 0 Å². The molecule has 0 amide bonds. The van der Waals surface area contributed by atoms with Gasteiger partial charge in [-0.3, -0.25) is 0 Å². The number of hydrogen-bond donors (Lipinski definition) is 1. The summed E-state index contributed by atoms with van der Waals surface area (Å²) in [6.07, 6.45) is 1.49. The molecule has 0 spiro atoms. The highest BCUT2D eigenvalue weighted by atomic mass is 35.5. The lowest BCUT2D eigenvalue weighted by Gasteiger charge is -2.20. The van der Waals surface area contributed by atoms with E-state index in [0.717, 1.165) is 18.4 Å². The lowest BCUT2D eigenvalue weighted by atomic mass is 9.88. The topological polar surface area (TPSA) is 54.4 Å². The minimum atomic E-state index is -2.85. The van der Waals surface area contributed by atoms with Crippen molar-refractivity contribution in [2.24, 2.45) is 11.8 Å². The number of halogens is 1. The highest BCUT2D eigenvalue weighted by Crippen LogP contribution is 2.29. The average Bonchev–Trinajstić information content (AvgIpc) is 2.69. The SMILES string of the molecule is O=S1(=O)CCC(C(CCl)Cc2ccc(O)cc2)C1. The quantitative estimate of drug-likeness (QED) is 0.865. The molecular weight excluding hydrogens is 272 g/mol. The second-order valence-electron chi connectivity index (χ2n) is 4.95. The summed E-state index contributed by atoms with van der Waals surface area (Å²) in [6, 6.07) is 7.01. The van der Waals surface area contributed by atoms with Gasteiger partial charge in [-0.25, -0.2) is 8.42 Å². The minimum Gasteiger partial charge on any atom is -0.508 e. The van der Waals surface area contributed by atoms with E-state index in [1.807, 2.05) is 12.1 Å². The van der Waals surface area contributed by atoms with Gasteiger partial charge in [0.1, 0.15) is 5.75 Å². The molecule has 0 aliphatic carbocycles. The van der Waals surface area contributed by atoms with Gasteiger partial charge in [0.05, 0.1) is 11.5 Å². The van der Waals surface area contributed by atoms with Gasteiger partial charge in [0.25, 0.3) is 0 Å². The second-order valence-corrected chi connectivity index (χ2v) is 7.49. The van der Waals surface area contributed by atoms with E-state index in [1.54, 1.807) is 12.1 Å². The van der Waals surface area contributed by atoms with Crippen LogP contribution >= 0.6 is 11.6 Å². The maximum absolute atomic E-state index is 11.5. The van der Waals surface area contributed by atoms with Gasteiger partial charge in [0, 0.05) is 5.88 Å². The summed E-state index contributed by atoms with van der Waals surface area (Å²) in [5.41, 5.74) is 1.09. The molecule has 1 aliphatic rings. The third-order valence-corrected chi connectivity index (χ3v) is 5.76. The zero-order valence-electron chi connectivity index (χ0n) is 10.0. The summed E-state index contributed by atoms with van der Waals surface area (Å²) in [4.78, 5) is 0. The van der Waals surface area contributed by atoms with Crippen LogP contribution in [0.15, 0.2) is 24.3 Å². The van der Waals surface area contributed by atoms with Crippen LogP contribution < -0.4 is 0 Å². The van der Waals surface area contributed by atoms with E-state index >= 15 is 0 Å². The average molecular weight is 289 g/mol. The van der Waals surface area contributed by atoms with Crippen molar-refractivity contribution in [1.82, 2.24) is 0 Å². The molecule has 0 aromatic heterocycles. The largest absolute Gasteiger partial charge is 0.508 e. The van der Waals surface area contributed by atoms with Crippen molar-refractivity contribution in [2.45, 2.75) is 12.8 Å². The predicted octanol–water partition coefficient (Wildman–Crippen LogP) is 2.22. The van der Waals surface area contributed by atoms with Crippen LogP contribution in [0, 0.1) is 11.8 Å². The number of benzene rings is 1. The molecule has 2 unspecified atom stereocenters. The van der Waals surface area contributed by atoms with E-state index in [1.165, 1.54) is 0 Å². The summed E-state index contributed by atoms with van der Waals surface area (Å²) in [5.74, 6) is 1.63. The first-order valence-electron chi connectivity index (χ1n) is 6.04. The van der Waals surface area contributed by atoms with Crippen LogP contribution in [0.2, 0.25) is 0 Å². The number of hydrogen-bond acceptors (Lipinski definition) is 3. The Balaban J connectivity index is 2.04. The van der Waals surface area contributed by atoms with Crippen molar-refractivity contribution in [2.75, 3.05) is 17.4 Å². The molecule has 1 saturated heterocycles. The van der Waals surface area contributed by atoms with Gasteiger partial charge < -0.3 is 5.11 Å². The number of aromatic hydroxyl groups is 1. The smallest absolute Gasteiger partial charge is 0.150 e. The van der Waals surface area contributed by atoms with Crippen LogP contribution in [0.5, 0.6) is 5.75 Å². The molecule has 18 heavy (non-hydrogen) atoms. The highest BCUT2D eigenvalue weighted by molar-refractivity contribution is 7.91. The minimum absolute atomic E-state index is 0.168. The molecule has 3 nitrogen and oxygen atoms in total. The van der Waals surface area contributed by atoms with Crippen LogP contribution in [0.25, 0.3) is 0 Å². The first-order chi connectivity index (χ1) is 8.50. The van der Waals surface area contributed by atoms with E-state index in [2.05, 4.69) is 0 Å². The van der Waals surface area contributed by atoms with E-state index < -0.39 is 9.84 Å². The molecule has 1 aromatic rings. The van der Waals surface area contributed by atoms with Crippen LogP contribution in [0.4, 0.5) is 0 Å². The third-order valence-electron chi connectivity index (χ3n) is 3.57. The lowest BCUT2D eigenvalue weighted by Crippen LogP contribution is -2.20. The third kappa shape index (κ3) is 3.39. The number of alkyl halides is 1. The summed E-state index contributed by atoms with van der Waals surface area (Å²) in [5, 5.41) is 9.22. The zero-order valence-corrected chi connectivity index (χ0v) is 11.6. The molecule has 0 bridgehead atoms. The molecule has 1 aliphatic heterocycles. The maximum atomic E-state index is 11.5. The monoisotopic (exact) mass is 288 g/mol. The normalized spacial score (nSPS) is 23.9. The Labute approximate surface area is 113 Å². The van der Waals surface area contributed by atoms with Gasteiger partial charge in [0.15, 0.2) is 9.84 Å². The second kappa shape index (κ2) is 5.49. The van der Waals surface area contributed by atoms with Gasteiger partial charge in [-0.15, -0.1) is 11.6 Å². The number of rotatable bonds is 4. The van der Waals surface area contributed by atoms with Crippen LogP contribution in [-0.4, -0.2) is 30.9 Å². The number of sulfone groups is 1. The van der Waals surface area contributed by atoms with Gasteiger partial charge >= 0.3 is 0 Å². The Bertz CT molecular complexity index is 495. The molecule has 1 aromatic carbocycles. The van der Waals surface area contributed by atoms with Crippen molar-refractivity contribution in [1.29, 1.82) is 0 Å². The Morgan fingerprint density at radius 3 is 2.50 bits per heavy atom. The van der Waals surface area contributed by atoms with Crippen molar-refractivity contribution in [3.05, 3.63) is 29.8 Å². The van der Waals surface area contributed by atoms with Crippen LogP contribution in [0.1, 0.15) is 12.0 Å². The standard InChI is InChI=1S/C13H17ClO3S/c14-8-12(11-5-6-18(16,17)9-11)7-10-1-3-13(15)4-2-10/h1-4,11-12,15H,5-9H2. The maximum Gasteiger partial charge on any atom is 0.150 e. The first-order valence-corrected chi connectivity index (χ1v) is 8.40. The molecule has 5 heteroatoms. The summed E-state index contributed by atoms with van der Waals surface area (Å²) < 4.78 is 23.0.